The summed E-state index contributed by atoms with van der Waals surface area (Å²) in [6, 6.07) is 0. The average Bonchev–Trinajstić information content (AvgIpc) is 2.30. The SMILES string of the molecule is CCCCn1ncc(NCCN)c(Cl)c1=O. The Balaban J connectivity index is 2.85. The Hall–Kier alpha value is -1.07. The summed E-state index contributed by atoms with van der Waals surface area (Å²) < 4.78 is 1.39. The molecule has 0 aromatic carbocycles. The smallest absolute Gasteiger partial charge is 0.287 e. The highest BCUT2D eigenvalue weighted by Gasteiger charge is 2.07. The van der Waals surface area contributed by atoms with Gasteiger partial charge in [-0.1, -0.05) is 24.9 Å². The van der Waals surface area contributed by atoms with E-state index in [2.05, 4.69) is 17.3 Å². The maximum Gasteiger partial charge on any atom is 0.287 e. The molecule has 90 valence electrons. The van der Waals surface area contributed by atoms with Gasteiger partial charge in [-0.25, -0.2) is 4.68 Å². The maximum absolute atomic E-state index is 11.8. The van der Waals surface area contributed by atoms with Gasteiger partial charge in [0.2, 0.25) is 0 Å². The molecule has 0 bridgehead atoms. The van der Waals surface area contributed by atoms with Gasteiger partial charge in [-0.3, -0.25) is 4.79 Å². The van der Waals surface area contributed by atoms with E-state index in [1.54, 1.807) is 6.20 Å². The van der Waals surface area contributed by atoms with Crippen LogP contribution < -0.4 is 16.6 Å². The molecule has 6 heteroatoms. The summed E-state index contributed by atoms with van der Waals surface area (Å²) in [6.45, 7) is 3.71. The van der Waals surface area contributed by atoms with E-state index < -0.39 is 0 Å². The Morgan fingerprint density at radius 2 is 2.38 bits per heavy atom. The van der Waals surface area contributed by atoms with Crippen molar-refractivity contribution in [3.8, 4) is 0 Å². The first kappa shape index (κ1) is 13.0. The highest BCUT2D eigenvalue weighted by molar-refractivity contribution is 6.32. The van der Waals surface area contributed by atoms with Gasteiger partial charge < -0.3 is 11.1 Å². The molecule has 16 heavy (non-hydrogen) atoms. The number of aromatic nitrogens is 2. The van der Waals surface area contributed by atoms with Crippen LogP contribution in [0.5, 0.6) is 0 Å². The molecule has 0 atom stereocenters. The summed E-state index contributed by atoms with van der Waals surface area (Å²) in [5.41, 5.74) is 5.64. The van der Waals surface area contributed by atoms with E-state index in [0.717, 1.165) is 12.8 Å². The fourth-order valence-electron chi connectivity index (χ4n) is 1.26. The van der Waals surface area contributed by atoms with E-state index >= 15 is 0 Å². The number of nitrogens with one attached hydrogen (secondary N) is 1. The Morgan fingerprint density at radius 3 is 3.00 bits per heavy atom. The summed E-state index contributed by atoms with van der Waals surface area (Å²) in [5.74, 6) is 0. The molecule has 3 N–H and O–H groups in total. The molecule has 1 aromatic heterocycles. The third-order valence-corrected chi connectivity index (χ3v) is 2.53. The van der Waals surface area contributed by atoms with Crippen molar-refractivity contribution in [2.45, 2.75) is 26.3 Å². The van der Waals surface area contributed by atoms with Crippen molar-refractivity contribution in [2.24, 2.45) is 5.73 Å². The van der Waals surface area contributed by atoms with Gasteiger partial charge >= 0.3 is 0 Å². The monoisotopic (exact) mass is 244 g/mol. The summed E-state index contributed by atoms with van der Waals surface area (Å²) in [5, 5.41) is 7.18. The Morgan fingerprint density at radius 1 is 1.62 bits per heavy atom. The van der Waals surface area contributed by atoms with Gasteiger partial charge in [0, 0.05) is 19.6 Å². The lowest BCUT2D eigenvalue weighted by molar-refractivity contribution is 0.543. The zero-order valence-corrected chi connectivity index (χ0v) is 10.1. The number of aryl methyl sites for hydroxylation is 1. The van der Waals surface area contributed by atoms with Crippen LogP contribution in [0.1, 0.15) is 19.8 Å². The molecule has 0 aliphatic carbocycles. The molecule has 0 radical (unpaired) electrons. The van der Waals surface area contributed by atoms with Crippen molar-refractivity contribution in [2.75, 3.05) is 18.4 Å². The first-order chi connectivity index (χ1) is 7.70. The van der Waals surface area contributed by atoms with E-state index in [1.165, 1.54) is 4.68 Å². The molecule has 5 nitrogen and oxygen atoms in total. The minimum Gasteiger partial charge on any atom is -0.381 e. The van der Waals surface area contributed by atoms with Gasteiger partial charge in [0.25, 0.3) is 5.56 Å². The van der Waals surface area contributed by atoms with Crippen LogP contribution in [0.4, 0.5) is 5.69 Å². The Labute approximate surface area is 99.6 Å². The number of nitrogens with zero attached hydrogens (tertiary/aromatic N) is 2. The molecule has 0 saturated carbocycles. The molecule has 0 unspecified atom stereocenters. The zero-order chi connectivity index (χ0) is 12.0. The number of hydrogen-bond acceptors (Lipinski definition) is 4. The number of nitrogens with two attached hydrogens (primary N) is 1. The summed E-state index contributed by atoms with van der Waals surface area (Å²) in [6.07, 6.45) is 3.49. The van der Waals surface area contributed by atoms with Crippen LogP contribution in [0, 0.1) is 0 Å². The third kappa shape index (κ3) is 3.21. The minimum atomic E-state index is -0.253. The van der Waals surface area contributed by atoms with Crippen LogP contribution in [-0.2, 0) is 6.54 Å². The second-order valence-electron chi connectivity index (χ2n) is 3.47. The lowest BCUT2D eigenvalue weighted by Crippen LogP contribution is -2.25. The van der Waals surface area contributed by atoms with Gasteiger partial charge in [-0.15, -0.1) is 0 Å². The molecule has 1 rings (SSSR count). The van der Waals surface area contributed by atoms with Crippen LogP contribution in [0.3, 0.4) is 0 Å². The summed E-state index contributed by atoms with van der Waals surface area (Å²) >= 11 is 5.94. The van der Waals surface area contributed by atoms with Gasteiger partial charge in [0.15, 0.2) is 0 Å². The molecule has 1 aromatic rings. The molecule has 0 saturated heterocycles. The van der Waals surface area contributed by atoms with Crippen molar-refractivity contribution in [1.29, 1.82) is 0 Å². The highest BCUT2D eigenvalue weighted by atomic mass is 35.5. The van der Waals surface area contributed by atoms with Gasteiger partial charge in [-0.05, 0) is 6.42 Å². The fraction of sp³-hybridized carbons (Fsp3) is 0.600. The molecule has 0 aliphatic heterocycles. The third-order valence-electron chi connectivity index (χ3n) is 2.17. The fourth-order valence-corrected chi connectivity index (χ4v) is 1.48. The second-order valence-corrected chi connectivity index (χ2v) is 3.85. The predicted molar refractivity (Wildman–Crippen MR) is 66.0 cm³/mol. The Bertz CT molecular complexity index is 391. The van der Waals surface area contributed by atoms with Gasteiger partial charge in [0.05, 0.1) is 11.9 Å². The van der Waals surface area contributed by atoms with Crippen molar-refractivity contribution in [3.05, 3.63) is 21.6 Å². The lowest BCUT2D eigenvalue weighted by atomic mass is 10.3. The minimum absolute atomic E-state index is 0.180. The summed E-state index contributed by atoms with van der Waals surface area (Å²) in [4.78, 5) is 11.8. The van der Waals surface area contributed by atoms with Crippen LogP contribution in [0.2, 0.25) is 5.02 Å². The van der Waals surface area contributed by atoms with E-state index in [-0.39, 0.29) is 10.6 Å². The number of unbranched alkanes of at least 4 members (excludes halogenated alkanes) is 1. The van der Waals surface area contributed by atoms with Crippen LogP contribution in [0.15, 0.2) is 11.0 Å². The number of halogens is 1. The van der Waals surface area contributed by atoms with Crippen molar-refractivity contribution >= 4 is 17.3 Å². The molecule has 0 spiro atoms. The van der Waals surface area contributed by atoms with Crippen LogP contribution in [-0.4, -0.2) is 22.9 Å². The molecular weight excluding hydrogens is 228 g/mol. The quantitative estimate of drug-likeness (QED) is 0.785. The van der Waals surface area contributed by atoms with Crippen LogP contribution in [0.25, 0.3) is 0 Å². The first-order valence-electron chi connectivity index (χ1n) is 5.40. The lowest BCUT2D eigenvalue weighted by Gasteiger charge is -2.08. The largest absolute Gasteiger partial charge is 0.381 e. The van der Waals surface area contributed by atoms with Crippen molar-refractivity contribution in [1.82, 2.24) is 9.78 Å². The molecule has 0 fully saturated rings. The maximum atomic E-state index is 11.8. The summed E-state index contributed by atoms with van der Waals surface area (Å²) in [7, 11) is 0. The zero-order valence-electron chi connectivity index (χ0n) is 9.37. The standard InChI is InChI=1S/C10H17ClN4O/c1-2-3-6-15-10(16)9(11)8(7-14-15)13-5-4-12/h7,13H,2-6,12H2,1H3. The van der Waals surface area contributed by atoms with E-state index in [0.29, 0.717) is 25.3 Å². The molecular formula is C10H17ClN4O. The van der Waals surface area contributed by atoms with E-state index in [9.17, 15) is 4.79 Å². The number of anilines is 1. The van der Waals surface area contributed by atoms with Crippen molar-refractivity contribution < 1.29 is 0 Å². The Kier molecular flexibility index (Phi) is 5.28. The predicted octanol–water partition coefficient (Wildman–Crippen LogP) is 1.07. The highest BCUT2D eigenvalue weighted by Crippen LogP contribution is 2.14. The average molecular weight is 245 g/mol. The van der Waals surface area contributed by atoms with Crippen LogP contribution >= 0.6 is 11.6 Å². The topological polar surface area (TPSA) is 72.9 Å². The molecule has 0 amide bonds. The van der Waals surface area contributed by atoms with E-state index in [4.69, 9.17) is 17.3 Å². The van der Waals surface area contributed by atoms with E-state index in [1.807, 2.05) is 0 Å². The van der Waals surface area contributed by atoms with Crippen molar-refractivity contribution in [3.63, 3.8) is 0 Å². The first-order valence-corrected chi connectivity index (χ1v) is 5.78. The number of hydrogen-bond donors (Lipinski definition) is 2. The number of rotatable bonds is 6. The normalized spacial score (nSPS) is 10.4. The van der Waals surface area contributed by atoms with Gasteiger partial charge in [0.1, 0.15) is 5.02 Å². The molecule has 1 heterocycles. The second kappa shape index (κ2) is 6.50. The molecule has 0 aliphatic rings. The van der Waals surface area contributed by atoms with Gasteiger partial charge in [-0.2, -0.15) is 5.10 Å².